The number of amides is 2. The van der Waals surface area contributed by atoms with E-state index in [-0.39, 0.29) is 47.5 Å². The molecule has 0 aromatic heterocycles. The van der Waals surface area contributed by atoms with E-state index in [1.54, 1.807) is 17.0 Å². The number of halogens is 1. The van der Waals surface area contributed by atoms with E-state index in [1.807, 2.05) is 6.07 Å². The van der Waals surface area contributed by atoms with Crippen molar-refractivity contribution in [3.05, 3.63) is 45.5 Å². The van der Waals surface area contributed by atoms with Crippen molar-refractivity contribution in [2.45, 2.75) is 103 Å². The first-order chi connectivity index (χ1) is 18.8. The number of carbonyl (C=O) groups is 2. The van der Waals surface area contributed by atoms with E-state index in [0.29, 0.717) is 24.2 Å². The molecule has 6 nitrogen and oxygen atoms in total. The quantitative estimate of drug-likeness (QED) is 0.217. The van der Waals surface area contributed by atoms with Gasteiger partial charge in [-0.2, -0.15) is 0 Å². The summed E-state index contributed by atoms with van der Waals surface area (Å²) in [5, 5.41) is 21.1. The number of rotatable bonds is 8. The highest BCUT2D eigenvalue weighted by Crippen LogP contribution is 2.52. The molecule has 2 saturated heterocycles. The van der Waals surface area contributed by atoms with Crippen LogP contribution in [0.3, 0.4) is 0 Å². The summed E-state index contributed by atoms with van der Waals surface area (Å²) < 4.78 is 6.16. The maximum absolute atomic E-state index is 13.8. The first kappa shape index (κ1) is 28.4. The van der Waals surface area contributed by atoms with Gasteiger partial charge in [-0.15, -0.1) is 0 Å². The van der Waals surface area contributed by atoms with Crippen molar-refractivity contribution in [3.8, 4) is 5.75 Å². The Kier molecular flexibility index (Phi) is 8.90. The molecule has 0 unspecified atom stereocenters. The molecular formula is C31H41BClNO5. The lowest BCUT2D eigenvalue weighted by atomic mass is 9.58. The van der Waals surface area contributed by atoms with Gasteiger partial charge < -0.3 is 14.8 Å². The topological polar surface area (TPSA) is 87.1 Å². The number of hydrogen-bond donors (Lipinski definition) is 2. The van der Waals surface area contributed by atoms with Crippen LogP contribution in [0.2, 0.25) is 11.3 Å². The number of benzene rings is 1. The van der Waals surface area contributed by atoms with Crippen LogP contribution in [0.5, 0.6) is 5.75 Å². The molecular weight excluding hydrogens is 513 g/mol. The first-order valence-electron chi connectivity index (χ1n) is 14.9. The van der Waals surface area contributed by atoms with Crippen LogP contribution >= 0.6 is 11.6 Å². The van der Waals surface area contributed by atoms with E-state index in [9.17, 15) is 19.7 Å². The van der Waals surface area contributed by atoms with E-state index in [1.165, 1.54) is 17.6 Å². The van der Waals surface area contributed by atoms with E-state index < -0.39 is 7.12 Å². The maximum Gasteiger partial charge on any atom is 0.455 e. The molecule has 1 aromatic carbocycles. The van der Waals surface area contributed by atoms with E-state index in [0.717, 1.165) is 62.5 Å². The predicted molar refractivity (Wildman–Crippen MR) is 154 cm³/mol. The smallest absolute Gasteiger partial charge is 0.455 e. The average molecular weight is 554 g/mol. The van der Waals surface area contributed by atoms with Crippen molar-refractivity contribution >= 4 is 36.6 Å². The number of fused-ring (bicyclic) bond motifs is 3. The largest absolute Gasteiger partial charge is 0.508 e. The van der Waals surface area contributed by atoms with Gasteiger partial charge in [-0.3, -0.25) is 14.5 Å². The van der Waals surface area contributed by atoms with Crippen LogP contribution in [0.25, 0.3) is 6.08 Å². The van der Waals surface area contributed by atoms with Gasteiger partial charge in [-0.25, -0.2) is 0 Å². The number of likely N-dealkylation sites (tertiary alicyclic amines) is 1. The van der Waals surface area contributed by atoms with E-state index in [2.05, 4.69) is 19.9 Å². The molecule has 1 aromatic rings. The number of hydrogen-bond acceptors (Lipinski definition) is 5. The summed E-state index contributed by atoms with van der Waals surface area (Å²) in [5.74, 6) is -0.702. The van der Waals surface area contributed by atoms with Crippen LogP contribution in [0.1, 0.15) is 90.0 Å². The second kappa shape index (κ2) is 12.2. The number of allylic oxidation sites excluding steroid dienone is 2. The van der Waals surface area contributed by atoms with Gasteiger partial charge in [-0.1, -0.05) is 68.4 Å². The molecule has 0 radical (unpaired) electrons. The molecule has 39 heavy (non-hydrogen) atoms. The summed E-state index contributed by atoms with van der Waals surface area (Å²) in [5.41, 5.74) is 4.49. The van der Waals surface area contributed by atoms with Crippen molar-refractivity contribution in [1.82, 2.24) is 4.90 Å². The molecule has 1 saturated carbocycles. The minimum Gasteiger partial charge on any atom is -0.508 e. The second-order valence-corrected chi connectivity index (χ2v) is 12.2. The fraction of sp³-hybridized carbons (Fsp3) is 0.613. The average Bonchev–Trinajstić information content (AvgIpc) is 3.17. The summed E-state index contributed by atoms with van der Waals surface area (Å²) in [6.07, 6.45) is 12.1. The van der Waals surface area contributed by atoms with Crippen molar-refractivity contribution in [3.63, 3.8) is 0 Å². The summed E-state index contributed by atoms with van der Waals surface area (Å²) >= 11 is 6.38. The number of imide groups is 1. The molecule has 4 aliphatic rings. The lowest BCUT2D eigenvalue weighted by Gasteiger charge is -2.43. The number of aromatic hydroxyl groups is 1. The molecule has 8 heteroatoms. The highest BCUT2D eigenvalue weighted by atomic mass is 35.5. The highest BCUT2D eigenvalue weighted by molar-refractivity contribution is 6.43. The number of phenols is 1. The Bertz CT molecular complexity index is 1160. The molecule has 0 spiro atoms. The number of nitrogens with zero attached hydrogens (tertiary/aromatic N) is 1. The van der Waals surface area contributed by atoms with Crippen molar-refractivity contribution in [1.29, 1.82) is 0 Å². The van der Waals surface area contributed by atoms with Gasteiger partial charge in [0.05, 0.1) is 23.0 Å². The Morgan fingerprint density at radius 2 is 1.90 bits per heavy atom. The van der Waals surface area contributed by atoms with Crippen LogP contribution in [0.15, 0.2) is 34.9 Å². The third-order valence-corrected chi connectivity index (χ3v) is 9.68. The van der Waals surface area contributed by atoms with Gasteiger partial charge in [0.25, 0.3) is 0 Å². The van der Waals surface area contributed by atoms with Crippen LogP contribution in [-0.2, 0) is 14.2 Å². The molecule has 2 heterocycles. The maximum atomic E-state index is 13.8. The molecule has 210 valence electrons. The Hall–Kier alpha value is -2.09. The molecule has 5 rings (SSSR count). The Morgan fingerprint density at radius 3 is 2.59 bits per heavy atom. The highest BCUT2D eigenvalue weighted by Gasteiger charge is 2.58. The number of phenolic OH excluding ortho intramolecular Hbond substituents is 1. The first-order valence-corrected chi connectivity index (χ1v) is 15.3. The molecule has 0 bridgehead atoms. The predicted octanol–water partition coefficient (Wildman–Crippen LogP) is 6.55. The van der Waals surface area contributed by atoms with Gasteiger partial charge in [0.15, 0.2) is 0 Å². The third-order valence-electron chi connectivity index (χ3n) is 9.35. The lowest BCUT2D eigenvalue weighted by molar-refractivity contribution is -0.143. The summed E-state index contributed by atoms with van der Waals surface area (Å²) in [6.45, 7) is 4.26. The Morgan fingerprint density at radius 1 is 1.13 bits per heavy atom. The number of carbonyl (C=O) groups excluding carboxylic acids is 2. The van der Waals surface area contributed by atoms with Gasteiger partial charge >= 0.3 is 7.12 Å². The minimum absolute atomic E-state index is 0.0124. The van der Waals surface area contributed by atoms with Crippen molar-refractivity contribution in [2.75, 3.05) is 0 Å². The molecule has 3 fully saturated rings. The van der Waals surface area contributed by atoms with Crippen LogP contribution < -0.4 is 0 Å². The Balaban J connectivity index is 1.40. The molecule has 2 aliphatic carbocycles. The van der Waals surface area contributed by atoms with E-state index in [4.69, 9.17) is 16.3 Å². The fourth-order valence-corrected chi connectivity index (χ4v) is 7.82. The Labute approximate surface area is 237 Å². The zero-order chi connectivity index (χ0) is 27.7. The summed E-state index contributed by atoms with van der Waals surface area (Å²) in [7, 11) is -0.947. The standard InChI is InChI=1S/C31H41BClNO5/c1-3-8-19(15-21-12-13-23(35)17-26(21)33)11-14-27-28-20(4-2)16-24-29(25(28)18-32(38)39-27)31(37)34(30(24)36)22-9-6-5-7-10-22/h12-13,15,17,22,24-25,27,29,35,38H,3-11,14,16,18H2,1-2H3/b19-15+/t24-,25+,27-,29-/m1/s1. The van der Waals surface area contributed by atoms with Crippen LogP contribution in [0.4, 0.5) is 0 Å². The summed E-state index contributed by atoms with van der Waals surface area (Å²) in [4.78, 5) is 29.1. The van der Waals surface area contributed by atoms with Gasteiger partial charge in [0.1, 0.15) is 5.75 Å². The van der Waals surface area contributed by atoms with Gasteiger partial charge in [0.2, 0.25) is 11.8 Å². The van der Waals surface area contributed by atoms with Crippen molar-refractivity contribution in [2.24, 2.45) is 17.8 Å². The molecule has 2 aliphatic heterocycles. The normalized spacial score (nSPS) is 28.3. The van der Waals surface area contributed by atoms with Crippen LogP contribution in [0, 0.1) is 17.8 Å². The SMILES string of the molecule is CCC/C(=C\c1ccc(O)cc1Cl)CC[C@H]1OB(O)C[C@H]2C1=C(CC)C[C@H]1C(=O)N(C3CCCCC3)C(=O)[C@H]12. The van der Waals surface area contributed by atoms with E-state index >= 15 is 0 Å². The minimum atomic E-state index is -0.947. The fourth-order valence-electron chi connectivity index (χ4n) is 7.59. The molecule has 4 atom stereocenters. The zero-order valence-electron chi connectivity index (χ0n) is 23.2. The lowest BCUT2D eigenvalue weighted by Crippen LogP contribution is -2.46. The zero-order valence-corrected chi connectivity index (χ0v) is 24.0. The van der Waals surface area contributed by atoms with Crippen LogP contribution in [-0.4, -0.2) is 46.1 Å². The van der Waals surface area contributed by atoms with Gasteiger partial charge in [-0.05, 0) is 86.5 Å². The molecule has 2 amide bonds. The second-order valence-electron chi connectivity index (χ2n) is 11.8. The monoisotopic (exact) mass is 553 g/mol. The summed E-state index contributed by atoms with van der Waals surface area (Å²) in [6, 6.07) is 5.05. The van der Waals surface area contributed by atoms with Gasteiger partial charge in [0, 0.05) is 6.04 Å². The van der Waals surface area contributed by atoms with Crippen molar-refractivity contribution < 1.29 is 24.4 Å². The third kappa shape index (κ3) is 5.73. The molecule has 2 N–H and O–H groups in total.